The molecule has 0 spiro atoms. The van der Waals surface area contributed by atoms with Crippen molar-refractivity contribution in [1.29, 1.82) is 0 Å². The summed E-state index contributed by atoms with van der Waals surface area (Å²) in [6.45, 7) is 4.12. The van der Waals surface area contributed by atoms with Gasteiger partial charge < -0.3 is 14.4 Å². The van der Waals surface area contributed by atoms with Crippen LogP contribution in [0.15, 0.2) is 53.5 Å². The van der Waals surface area contributed by atoms with Gasteiger partial charge in [-0.1, -0.05) is 17.7 Å². The lowest BCUT2D eigenvalue weighted by Gasteiger charge is -2.44. The van der Waals surface area contributed by atoms with Crippen LogP contribution < -0.4 is 4.90 Å². The number of aliphatic hydroxyl groups is 1. The summed E-state index contributed by atoms with van der Waals surface area (Å²) in [5, 5.41) is 16.5. The van der Waals surface area contributed by atoms with E-state index in [0.29, 0.717) is 48.3 Å². The maximum absolute atomic E-state index is 14.8. The fourth-order valence-electron chi connectivity index (χ4n) is 4.47. The van der Waals surface area contributed by atoms with E-state index in [1.165, 1.54) is 23.4 Å². The lowest BCUT2D eigenvalue weighted by atomic mass is 9.85. The molecule has 3 heterocycles. The Labute approximate surface area is 199 Å². The predicted octanol–water partition coefficient (Wildman–Crippen LogP) is 3.45. The van der Waals surface area contributed by atoms with Gasteiger partial charge in [0.05, 0.1) is 6.54 Å². The minimum absolute atomic E-state index is 0.00941. The van der Waals surface area contributed by atoms with Crippen LogP contribution in [0, 0.1) is 11.6 Å². The third kappa shape index (κ3) is 4.24. The number of nitrogens with zero attached hydrogens (tertiary/aromatic N) is 6. The van der Waals surface area contributed by atoms with E-state index in [1.54, 1.807) is 18.2 Å². The van der Waals surface area contributed by atoms with Crippen LogP contribution in [-0.4, -0.2) is 62.0 Å². The van der Waals surface area contributed by atoms with Gasteiger partial charge in [0.1, 0.15) is 35.4 Å². The highest BCUT2D eigenvalue weighted by Gasteiger charge is 2.43. The first kappa shape index (κ1) is 22.7. The normalized spacial score (nSPS) is 17.7. The third-order valence-corrected chi connectivity index (χ3v) is 6.66. The zero-order valence-electron chi connectivity index (χ0n) is 18.4. The molecule has 8 nitrogen and oxygen atoms in total. The van der Waals surface area contributed by atoms with Crippen LogP contribution in [0.25, 0.3) is 11.1 Å². The molecule has 1 aliphatic rings. The molecule has 1 fully saturated rings. The molecule has 2 aromatic heterocycles. The summed E-state index contributed by atoms with van der Waals surface area (Å²) in [4.78, 5) is 12.5. The molecule has 178 valence electrons. The smallest absolute Gasteiger partial charge is 0.298 e. The highest BCUT2D eigenvalue weighted by molar-refractivity contribution is 6.31. The Kier molecular flexibility index (Phi) is 5.97. The van der Waals surface area contributed by atoms with Crippen LogP contribution in [0.4, 0.5) is 14.8 Å². The number of fused-ring (bicyclic) bond motifs is 1. The number of benzene rings is 2. The molecule has 5 rings (SSSR count). The van der Waals surface area contributed by atoms with Gasteiger partial charge in [0, 0.05) is 48.9 Å². The van der Waals surface area contributed by atoms with Gasteiger partial charge in [0.15, 0.2) is 5.58 Å². The first-order valence-corrected chi connectivity index (χ1v) is 11.3. The number of hydrogen-bond donors (Lipinski definition) is 1. The molecule has 2 aromatic carbocycles. The Hall–Kier alpha value is -3.08. The lowest BCUT2D eigenvalue weighted by molar-refractivity contribution is -0.0651. The second-order valence-corrected chi connectivity index (χ2v) is 8.89. The maximum atomic E-state index is 14.8. The topological polar surface area (TPSA) is 83.5 Å². The second kappa shape index (κ2) is 8.94. The quantitative estimate of drug-likeness (QED) is 0.445. The monoisotopic (exact) mass is 488 g/mol. The zero-order chi connectivity index (χ0) is 23.9. The van der Waals surface area contributed by atoms with Crippen molar-refractivity contribution in [3.8, 4) is 0 Å². The van der Waals surface area contributed by atoms with Crippen molar-refractivity contribution in [3.05, 3.63) is 71.3 Å². The largest absolute Gasteiger partial charge is 0.423 e. The molecule has 1 aliphatic heterocycles. The molecule has 0 radical (unpaired) electrons. The molecular formula is C23H23ClF2N6O2. The summed E-state index contributed by atoms with van der Waals surface area (Å²) in [6, 6.07) is 8.51. The average molecular weight is 489 g/mol. The van der Waals surface area contributed by atoms with E-state index in [4.69, 9.17) is 16.0 Å². The molecule has 0 unspecified atom stereocenters. The van der Waals surface area contributed by atoms with E-state index >= 15 is 0 Å². The van der Waals surface area contributed by atoms with Crippen LogP contribution in [0.1, 0.15) is 12.5 Å². The first-order valence-electron chi connectivity index (χ1n) is 10.9. The average Bonchev–Trinajstić information content (AvgIpc) is 3.48. The van der Waals surface area contributed by atoms with Crippen molar-refractivity contribution < 1.29 is 18.3 Å². The van der Waals surface area contributed by atoms with Crippen LogP contribution >= 0.6 is 11.6 Å². The molecular weight excluding hydrogens is 466 g/mol. The molecule has 1 N–H and O–H groups in total. The summed E-state index contributed by atoms with van der Waals surface area (Å²) >= 11 is 6.05. The van der Waals surface area contributed by atoms with Gasteiger partial charge in [-0.3, -0.25) is 4.90 Å². The Balaban J connectivity index is 1.37. The molecule has 0 saturated carbocycles. The minimum atomic E-state index is -1.68. The van der Waals surface area contributed by atoms with Crippen LogP contribution in [0.5, 0.6) is 0 Å². The molecule has 2 atom stereocenters. The van der Waals surface area contributed by atoms with E-state index in [1.807, 2.05) is 11.8 Å². The SMILES string of the molecule is C[C@@H](N1CCN(c2nc3cc(Cl)ccc3o2)CC1)[C@](O)(Cn1cncn1)c1ccc(F)cc1F. The summed E-state index contributed by atoms with van der Waals surface area (Å²) < 4.78 is 35.7. The molecule has 0 bridgehead atoms. The van der Waals surface area contributed by atoms with Crippen LogP contribution in [0.3, 0.4) is 0 Å². The van der Waals surface area contributed by atoms with Crippen molar-refractivity contribution in [2.75, 3.05) is 31.1 Å². The highest BCUT2D eigenvalue weighted by atomic mass is 35.5. The Morgan fingerprint density at radius 3 is 2.65 bits per heavy atom. The fraction of sp³-hybridized carbons (Fsp3) is 0.348. The van der Waals surface area contributed by atoms with Crippen molar-refractivity contribution in [1.82, 2.24) is 24.6 Å². The van der Waals surface area contributed by atoms with Gasteiger partial charge in [0.25, 0.3) is 6.01 Å². The van der Waals surface area contributed by atoms with Gasteiger partial charge in [-0.15, -0.1) is 0 Å². The van der Waals surface area contributed by atoms with Crippen molar-refractivity contribution in [2.24, 2.45) is 0 Å². The molecule has 4 aromatic rings. The standard InChI is InChI=1S/C23H23ClF2N6O2/c1-15(23(33,12-32-14-27-13-28-32)18-4-3-17(25)11-19(18)26)30-6-8-31(9-7-30)22-29-20-10-16(24)2-5-21(20)34-22/h2-5,10-11,13-15,33H,6-9,12H2,1H3/t15-,23-/m1/s1. The Bertz CT molecular complexity index is 1290. The molecule has 34 heavy (non-hydrogen) atoms. The zero-order valence-corrected chi connectivity index (χ0v) is 19.2. The van der Waals surface area contributed by atoms with E-state index in [9.17, 15) is 13.9 Å². The fourth-order valence-corrected chi connectivity index (χ4v) is 4.64. The maximum Gasteiger partial charge on any atom is 0.298 e. The molecule has 11 heteroatoms. The predicted molar refractivity (Wildman–Crippen MR) is 123 cm³/mol. The summed E-state index contributed by atoms with van der Waals surface area (Å²) in [6.07, 6.45) is 2.80. The van der Waals surface area contributed by atoms with Gasteiger partial charge >= 0.3 is 0 Å². The van der Waals surface area contributed by atoms with Gasteiger partial charge in [-0.25, -0.2) is 18.4 Å². The van der Waals surface area contributed by atoms with Gasteiger partial charge in [-0.2, -0.15) is 10.1 Å². The van der Waals surface area contributed by atoms with E-state index in [2.05, 4.69) is 20.0 Å². The first-order chi connectivity index (χ1) is 16.3. The number of hydrogen-bond acceptors (Lipinski definition) is 7. The molecule has 1 saturated heterocycles. The van der Waals surface area contributed by atoms with E-state index in [-0.39, 0.29) is 12.1 Å². The Morgan fingerprint density at radius 2 is 1.94 bits per heavy atom. The number of aromatic nitrogens is 4. The van der Waals surface area contributed by atoms with Crippen LogP contribution in [-0.2, 0) is 12.1 Å². The Morgan fingerprint density at radius 1 is 1.15 bits per heavy atom. The van der Waals surface area contributed by atoms with Gasteiger partial charge in [-0.05, 0) is 31.2 Å². The van der Waals surface area contributed by atoms with Crippen molar-refractivity contribution in [2.45, 2.75) is 25.1 Å². The number of halogens is 3. The summed E-state index contributed by atoms with van der Waals surface area (Å²) in [5.41, 5.74) is -0.325. The van der Waals surface area contributed by atoms with Crippen molar-refractivity contribution in [3.63, 3.8) is 0 Å². The van der Waals surface area contributed by atoms with Crippen molar-refractivity contribution >= 4 is 28.7 Å². The van der Waals surface area contributed by atoms with E-state index in [0.717, 1.165) is 12.1 Å². The molecule has 0 aliphatic carbocycles. The number of rotatable bonds is 6. The van der Waals surface area contributed by atoms with Crippen LogP contribution in [0.2, 0.25) is 5.02 Å². The number of oxazole rings is 1. The summed E-state index contributed by atoms with van der Waals surface area (Å²) in [5.74, 6) is -1.51. The van der Waals surface area contributed by atoms with Gasteiger partial charge in [0.2, 0.25) is 0 Å². The highest BCUT2D eigenvalue weighted by Crippen LogP contribution is 2.34. The number of piperazine rings is 1. The lowest BCUT2D eigenvalue weighted by Crippen LogP contribution is -2.57. The summed E-state index contributed by atoms with van der Waals surface area (Å²) in [7, 11) is 0. The minimum Gasteiger partial charge on any atom is -0.423 e. The molecule has 0 amide bonds. The third-order valence-electron chi connectivity index (χ3n) is 6.43. The van der Waals surface area contributed by atoms with E-state index < -0.39 is 23.3 Å². The number of anilines is 1. The second-order valence-electron chi connectivity index (χ2n) is 8.45.